The zero-order chi connectivity index (χ0) is 13.0. The van der Waals surface area contributed by atoms with Crippen molar-refractivity contribution in [3.05, 3.63) is 34.1 Å². The molecule has 1 saturated heterocycles. The Morgan fingerprint density at radius 2 is 2.39 bits per heavy atom. The van der Waals surface area contributed by atoms with Gasteiger partial charge in [-0.3, -0.25) is 4.79 Å². The first kappa shape index (κ1) is 13.5. The molecule has 2 N–H and O–H groups in total. The van der Waals surface area contributed by atoms with Gasteiger partial charge in [0.25, 0.3) is 5.91 Å². The van der Waals surface area contributed by atoms with Crippen molar-refractivity contribution in [2.24, 2.45) is 0 Å². The smallest absolute Gasteiger partial charge is 0.251 e. The third-order valence-corrected chi connectivity index (χ3v) is 3.73. The molecule has 0 aliphatic carbocycles. The van der Waals surface area contributed by atoms with Crippen LogP contribution >= 0.6 is 15.9 Å². The van der Waals surface area contributed by atoms with Crippen LogP contribution in [0.1, 0.15) is 29.6 Å². The molecule has 1 heterocycles. The van der Waals surface area contributed by atoms with E-state index in [9.17, 15) is 9.18 Å². The second-order valence-corrected chi connectivity index (χ2v) is 5.32. The maximum atomic E-state index is 13.0. The summed E-state index contributed by atoms with van der Waals surface area (Å²) >= 11 is 3.07. The van der Waals surface area contributed by atoms with Crippen LogP contribution in [0.3, 0.4) is 0 Å². The fourth-order valence-electron chi connectivity index (χ4n) is 2.10. The van der Waals surface area contributed by atoms with Gasteiger partial charge in [0.05, 0.1) is 4.47 Å². The van der Waals surface area contributed by atoms with Crippen molar-refractivity contribution >= 4 is 21.8 Å². The summed E-state index contributed by atoms with van der Waals surface area (Å²) in [5.41, 5.74) is 0.475. The Morgan fingerprint density at radius 1 is 1.56 bits per heavy atom. The Balaban J connectivity index is 1.81. The second kappa shape index (κ2) is 6.29. The van der Waals surface area contributed by atoms with Crippen LogP contribution in [0.2, 0.25) is 0 Å². The molecule has 1 aliphatic rings. The number of carbonyl (C=O) groups is 1. The van der Waals surface area contributed by atoms with Crippen LogP contribution in [0.5, 0.6) is 0 Å². The van der Waals surface area contributed by atoms with Gasteiger partial charge in [0.2, 0.25) is 0 Å². The predicted molar refractivity (Wildman–Crippen MR) is 72.1 cm³/mol. The average molecular weight is 315 g/mol. The zero-order valence-electron chi connectivity index (χ0n) is 10.0. The summed E-state index contributed by atoms with van der Waals surface area (Å²) < 4.78 is 13.3. The summed E-state index contributed by atoms with van der Waals surface area (Å²) in [5, 5.41) is 6.23. The van der Waals surface area contributed by atoms with Gasteiger partial charge in [-0.05, 0) is 59.9 Å². The number of nitrogens with one attached hydrogen (secondary N) is 2. The van der Waals surface area contributed by atoms with Gasteiger partial charge in [0.15, 0.2) is 0 Å². The Hall–Kier alpha value is -0.940. The summed E-state index contributed by atoms with van der Waals surface area (Å²) in [5.74, 6) is -0.518. The van der Waals surface area contributed by atoms with Crippen molar-refractivity contribution in [3.63, 3.8) is 0 Å². The Bertz CT molecular complexity index is 433. The molecular weight excluding hydrogens is 299 g/mol. The van der Waals surface area contributed by atoms with Crippen LogP contribution in [0.15, 0.2) is 22.7 Å². The quantitative estimate of drug-likeness (QED) is 0.896. The van der Waals surface area contributed by atoms with Crippen molar-refractivity contribution in [2.45, 2.75) is 25.3 Å². The molecule has 0 bridgehead atoms. The molecule has 98 valence electrons. The Kier molecular flexibility index (Phi) is 4.72. The molecular formula is C13H16BrFN2O. The summed E-state index contributed by atoms with van der Waals surface area (Å²) in [6, 6.07) is 4.80. The summed E-state index contributed by atoms with van der Waals surface area (Å²) in [4.78, 5) is 11.8. The molecule has 3 nitrogen and oxygen atoms in total. The van der Waals surface area contributed by atoms with E-state index in [0.29, 0.717) is 22.6 Å². The van der Waals surface area contributed by atoms with E-state index in [2.05, 4.69) is 26.6 Å². The maximum absolute atomic E-state index is 13.0. The van der Waals surface area contributed by atoms with Gasteiger partial charge >= 0.3 is 0 Å². The number of carbonyl (C=O) groups excluding carboxylic acids is 1. The SMILES string of the molecule is O=C(NCC[C@H]1CCCN1)c1ccc(F)c(Br)c1. The topological polar surface area (TPSA) is 41.1 Å². The molecule has 0 radical (unpaired) electrons. The lowest BCUT2D eigenvalue weighted by Crippen LogP contribution is -2.30. The number of rotatable bonds is 4. The van der Waals surface area contributed by atoms with E-state index in [1.807, 2.05) is 0 Å². The second-order valence-electron chi connectivity index (χ2n) is 4.47. The number of amides is 1. The molecule has 5 heteroatoms. The molecule has 0 aromatic heterocycles. The van der Waals surface area contributed by atoms with E-state index < -0.39 is 0 Å². The van der Waals surface area contributed by atoms with E-state index in [4.69, 9.17) is 0 Å². The van der Waals surface area contributed by atoms with E-state index in [1.165, 1.54) is 31.0 Å². The van der Waals surface area contributed by atoms with Crippen LogP contribution in [-0.4, -0.2) is 25.0 Å². The van der Waals surface area contributed by atoms with Gasteiger partial charge in [-0.15, -0.1) is 0 Å². The molecule has 0 spiro atoms. The first-order valence-electron chi connectivity index (χ1n) is 6.13. The lowest BCUT2D eigenvalue weighted by molar-refractivity contribution is 0.0952. The largest absolute Gasteiger partial charge is 0.352 e. The Labute approximate surface area is 114 Å². The highest BCUT2D eigenvalue weighted by Crippen LogP contribution is 2.16. The van der Waals surface area contributed by atoms with E-state index in [1.54, 1.807) is 0 Å². The minimum atomic E-state index is -0.360. The summed E-state index contributed by atoms with van der Waals surface area (Å²) in [7, 11) is 0. The summed E-state index contributed by atoms with van der Waals surface area (Å²) in [6.45, 7) is 1.72. The molecule has 1 fully saturated rings. The van der Waals surface area contributed by atoms with Crippen molar-refractivity contribution < 1.29 is 9.18 Å². The molecule has 2 rings (SSSR count). The maximum Gasteiger partial charge on any atom is 0.251 e. The monoisotopic (exact) mass is 314 g/mol. The van der Waals surface area contributed by atoms with E-state index in [-0.39, 0.29) is 11.7 Å². The van der Waals surface area contributed by atoms with Crippen molar-refractivity contribution in [1.82, 2.24) is 10.6 Å². The van der Waals surface area contributed by atoms with Gasteiger partial charge in [0, 0.05) is 18.2 Å². The molecule has 0 saturated carbocycles. The highest BCUT2D eigenvalue weighted by molar-refractivity contribution is 9.10. The first-order chi connectivity index (χ1) is 8.66. The number of hydrogen-bond acceptors (Lipinski definition) is 2. The lowest BCUT2D eigenvalue weighted by Gasteiger charge is -2.10. The zero-order valence-corrected chi connectivity index (χ0v) is 11.6. The Morgan fingerprint density at radius 3 is 3.06 bits per heavy atom. The van der Waals surface area contributed by atoms with Crippen LogP contribution < -0.4 is 10.6 Å². The predicted octanol–water partition coefficient (Wildman–Crippen LogP) is 2.46. The van der Waals surface area contributed by atoms with Gasteiger partial charge in [0.1, 0.15) is 5.82 Å². The van der Waals surface area contributed by atoms with Crippen molar-refractivity contribution in [3.8, 4) is 0 Å². The van der Waals surface area contributed by atoms with Crippen molar-refractivity contribution in [2.75, 3.05) is 13.1 Å². The fraction of sp³-hybridized carbons (Fsp3) is 0.462. The average Bonchev–Trinajstić information content (AvgIpc) is 2.85. The molecule has 1 atom stereocenters. The number of hydrogen-bond donors (Lipinski definition) is 2. The van der Waals surface area contributed by atoms with Crippen molar-refractivity contribution in [1.29, 1.82) is 0 Å². The minimum absolute atomic E-state index is 0.159. The van der Waals surface area contributed by atoms with Gasteiger partial charge in [-0.1, -0.05) is 0 Å². The van der Waals surface area contributed by atoms with Crippen LogP contribution in [0, 0.1) is 5.82 Å². The summed E-state index contributed by atoms with van der Waals surface area (Å²) in [6.07, 6.45) is 3.33. The molecule has 1 amide bonds. The van der Waals surface area contributed by atoms with Gasteiger partial charge < -0.3 is 10.6 Å². The highest BCUT2D eigenvalue weighted by atomic mass is 79.9. The molecule has 1 aliphatic heterocycles. The number of halogens is 2. The van der Waals surface area contributed by atoms with Crippen LogP contribution in [0.25, 0.3) is 0 Å². The highest BCUT2D eigenvalue weighted by Gasteiger charge is 2.14. The van der Waals surface area contributed by atoms with Gasteiger partial charge in [-0.2, -0.15) is 0 Å². The van der Waals surface area contributed by atoms with Crippen LogP contribution in [0.4, 0.5) is 4.39 Å². The molecule has 1 aromatic rings. The van der Waals surface area contributed by atoms with Gasteiger partial charge in [-0.25, -0.2) is 4.39 Å². The first-order valence-corrected chi connectivity index (χ1v) is 6.93. The molecule has 18 heavy (non-hydrogen) atoms. The number of benzene rings is 1. The van der Waals surface area contributed by atoms with Crippen LogP contribution in [-0.2, 0) is 0 Å². The minimum Gasteiger partial charge on any atom is -0.352 e. The van der Waals surface area contributed by atoms with E-state index >= 15 is 0 Å². The fourth-order valence-corrected chi connectivity index (χ4v) is 2.48. The third kappa shape index (κ3) is 3.53. The van der Waals surface area contributed by atoms with E-state index in [0.717, 1.165) is 13.0 Å². The normalized spacial score (nSPS) is 18.9. The lowest BCUT2D eigenvalue weighted by atomic mass is 10.1. The molecule has 1 aromatic carbocycles. The third-order valence-electron chi connectivity index (χ3n) is 3.12. The molecule has 0 unspecified atom stereocenters. The standard InChI is InChI=1S/C13H16BrFN2O/c14-11-8-9(3-4-12(11)15)13(18)17-7-5-10-2-1-6-16-10/h3-4,8,10,16H,1-2,5-7H2,(H,17,18)/t10-/m1/s1.